The largest absolute Gasteiger partial charge is 0.497 e. The van der Waals surface area contributed by atoms with Gasteiger partial charge < -0.3 is 10.5 Å². The van der Waals surface area contributed by atoms with Crippen molar-refractivity contribution < 1.29 is 13.2 Å². The summed E-state index contributed by atoms with van der Waals surface area (Å²) in [6, 6.07) is 13.1. The fraction of sp³-hybridized carbons (Fsp3) is 0.200. The van der Waals surface area contributed by atoms with E-state index in [9.17, 15) is 8.42 Å². The van der Waals surface area contributed by atoms with Crippen molar-refractivity contribution in [3.05, 3.63) is 58.6 Å². The van der Waals surface area contributed by atoms with E-state index in [1.165, 1.54) is 0 Å². The molecular weight excluding hydrogens is 354 g/mol. The lowest BCUT2D eigenvalue weighted by molar-refractivity contribution is 0.414. The van der Waals surface area contributed by atoms with Crippen molar-refractivity contribution in [3.63, 3.8) is 0 Å². The molecule has 0 spiro atoms. The highest BCUT2D eigenvalue weighted by atomic mass is 79.9. The van der Waals surface area contributed by atoms with E-state index in [4.69, 9.17) is 10.5 Å². The molecule has 2 N–H and O–H groups in total. The first-order chi connectivity index (χ1) is 9.92. The van der Waals surface area contributed by atoms with Gasteiger partial charge in [0.25, 0.3) is 0 Å². The number of nitrogens with two attached hydrogens (primary N) is 1. The molecular formula is C15H16BrNO3S. The van der Waals surface area contributed by atoms with Crippen LogP contribution in [0, 0.1) is 0 Å². The maximum absolute atomic E-state index is 12.4. The van der Waals surface area contributed by atoms with Crippen molar-refractivity contribution in [3.8, 4) is 5.75 Å². The Bertz CT molecular complexity index is 731. The molecule has 2 aromatic carbocycles. The Morgan fingerprint density at radius 2 is 1.90 bits per heavy atom. The number of halogens is 1. The topological polar surface area (TPSA) is 69.4 Å². The summed E-state index contributed by atoms with van der Waals surface area (Å²) < 4.78 is 30.6. The van der Waals surface area contributed by atoms with Gasteiger partial charge in [-0.2, -0.15) is 0 Å². The standard InChI is InChI=1S/C15H16BrNO3S/c1-20-13-6-2-4-11(8-13)15(17)10-21(18,19)14-7-3-5-12(16)9-14/h2-9,15H,10,17H2,1H3. The predicted octanol–water partition coefficient (Wildman–Crippen LogP) is 2.93. The molecule has 0 aliphatic heterocycles. The number of hydrogen-bond donors (Lipinski definition) is 1. The summed E-state index contributed by atoms with van der Waals surface area (Å²) in [5.74, 6) is 0.499. The molecule has 0 fully saturated rings. The smallest absolute Gasteiger partial charge is 0.180 e. The Balaban J connectivity index is 2.23. The molecule has 6 heteroatoms. The van der Waals surface area contributed by atoms with Crippen LogP contribution >= 0.6 is 15.9 Å². The number of sulfone groups is 1. The number of methoxy groups -OCH3 is 1. The number of ether oxygens (including phenoxy) is 1. The van der Waals surface area contributed by atoms with Crippen LogP contribution in [0.5, 0.6) is 5.75 Å². The lowest BCUT2D eigenvalue weighted by Crippen LogP contribution is -2.22. The van der Waals surface area contributed by atoms with Crippen LogP contribution in [0.3, 0.4) is 0 Å². The third-order valence-electron chi connectivity index (χ3n) is 3.08. The van der Waals surface area contributed by atoms with Gasteiger partial charge in [0.2, 0.25) is 0 Å². The number of hydrogen-bond acceptors (Lipinski definition) is 4. The highest BCUT2D eigenvalue weighted by Crippen LogP contribution is 2.23. The van der Waals surface area contributed by atoms with Gasteiger partial charge in [0.05, 0.1) is 17.8 Å². The zero-order valence-corrected chi connectivity index (χ0v) is 13.9. The minimum atomic E-state index is -3.45. The van der Waals surface area contributed by atoms with Gasteiger partial charge in [-0.05, 0) is 35.9 Å². The summed E-state index contributed by atoms with van der Waals surface area (Å²) >= 11 is 3.27. The Morgan fingerprint density at radius 1 is 1.19 bits per heavy atom. The molecule has 112 valence electrons. The molecule has 21 heavy (non-hydrogen) atoms. The van der Waals surface area contributed by atoms with E-state index in [-0.39, 0.29) is 10.6 Å². The van der Waals surface area contributed by atoms with E-state index in [1.807, 2.05) is 0 Å². The third kappa shape index (κ3) is 4.06. The quantitative estimate of drug-likeness (QED) is 0.879. The molecule has 0 aliphatic carbocycles. The summed E-state index contributed by atoms with van der Waals surface area (Å²) in [6.45, 7) is 0. The van der Waals surface area contributed by atoms with E-state index in [0.717, 1.165) is 10.0 Å². The normalized spacial score (nSPS) is 12.9. The molecule has 0 aromatic heterocycles. The van der Waals surface area contributed by atoms with Gasteiger partial charge in [-0.3, -0.25) is 0 Å². The summed E-state index contributed by atoms with van der Waals surface area (Å²) in [5.41, 5.74) is 6.76. The maximum Gasteiger partial charge on any atom is 0.180 e. The molecule has 0 aliphatic rings. The van der Waals surface area contributed by atoms with Gasteiger partial charge in [-0.1, -0.05) is 34.1 Å². The summed E-state index contributed by atoms with van der Waals surface area (Å²) in [5, 5.41) is 0. The molecule has 0 heterocycles. The van der Waals surface area contributed by atoms with E-state index < -0.39 is 15.9 Å². The minimum Gasteiger partial charge on any atom is -0.497 e. The van der Waals surface area contributed by atoms with E-state index in [0.29, 0.717) is 5.75 Å². The van der Waals surface area contributed by atoms with E-state index in [1.54, 1.807) is 55.6 Å². The Labute approximate surface area is 133 Å². The molecule has 2 rings (SSSR count). The molecule has 2 aromatic rings. The number of benzene rings is 2. The van der Waals surface area contributed by atoms with Crippen molar-refractivity contribution in [2.75, 3.05) is 12.9 Å². The van der Waals surface area contributed by atoms with Crippen molar-refractivity contribution in [2.24, 2.45) is 5.73 Å². The van der Waals surface area contributed by atoms with Crippen molar-refractivity contribution in [2.45, 2.75) is 10.9 Å². The van der Waals surface area contributed by atoms with E-state index in [2.05, 4.69) is 15.9 Å². The predicted molar refractivity (Wildman–Crippen MR) is 86.1 cm³/mol. The average molecular weight is 370 g/mol. The first-order valence-corrected chi connectivity index (χ1v) is 8.75. The second-order valence-electron chi connectivity index (χ2n) is 4.62. The maximum atomic E-state index is 12.4. The van der Waals surface area contributed by atoms with Crippen molar-refractivity contribution in [1.29, 1.82) is 0 Å². The first kappa shape index (κ1) is 16.0. The summed E-state index contributed by atoms with van der Waals surface area (Å²) in [4.78, 5) is 0.259. The fourth-order valence-corrected chi connectivity index (χ4v) is 3.96. The van der Waals surface area contributed by atoms with Gasteiger partial charge in [0.15, 0.2) is 9.84 Å². The highest BCUT2D eigenvalue weighted by Gasteiger charge is 2.20. The van der Waals surface area contributed by atoms with Gasteiger partial charge in [-0.15, -0.1) is 0 Å². The third-order valence-corrected chi connectivity index (χ3v) is 5.34. The number of rotatable bonds is 5. The van der Waals surface area contributed by atoms with Crippen LogP contribution in [0.25, 0.3) is 0 Å². The monoisotopic (exact) mass is 369 g/mol. The Hall–Kier alpha value is -1.37. The van der Waals surface area contributed by atoms with Gasteiger partial charge in [0.1, 0.15) is 5.75 Å². The first-order valence-electron chi connectivity index (χ1n) is 6.30. The fourth-order valence-electron chi connectivity index (χ4n) is 1.96. The van der Waals surface area contributed by atoms with Gasteiger partial charge in [-0.25, -0.2) is 8.42 Å². The van der Waals surface area contributed by atoms with Crippen LogP contribution in [0.2, 0.25) is 0 Å². The highest BCUT2D eigenvalue weighted by molar-refractivity contribution is 9.10. The lowest BCUT2D eigenvalue weighted by Gasteiger charge is -2.14. The van der Waals surface area contributed by atoms with Crippen LogP contribution in [-0.2, 0) is 9.84 Å². The summed E-state index contributed by atoms with van der Waals surface area (Å²) in [7, 11) is -1.89. The van der Waals surface area contributed by atoms with Crippen LogP contribution in [-0.4, -0.2) is 21.3 Å². The lowest BCUT2D eigenvalue weighted by atomic mass is 10.1. The zero-order chi connectivity index (χ0) is 15.5. The van der Waals surface area contributed by atoms with Gasteiger partial charge >= 0.3 is 0 Å². The Morgan fingerprint density at radius 3 is 2.57 bits per heavy atom. The van der Waals surface area contributed by atoms with Gasteiger partial charge in [0, 0.05) is 10.5 Å². The zero-order valence-electron chi connectivity index (χ0n) is 11.5. The van der Waals surface area contributed by atoms with Crippen molar-refractivity contribution >= 4 is 25.8 Å². The molecule has 1 atom stereocenters. The second kappa shape index (κ2) is 6.60. The summed E-state index contributed by atoms with van der Waals surface area (Å²) in [6.07, 6.45) is 0. The SMILES string of the molecule is COc1cccc(C(N)CS(=O)(=O)c2cccc(Br)c2)c1. The Kier molecular flexibility index (Phi) is 5.03. The van der Waals surface area contributed by atoms with Crippen LogP contribution < -0.4 is 10.5 Å². The molecule has 4 nitrogen and oxygen atoms in total. The van der Waals surface area contributed by atoms with Crippen LogP contribution in [0.15, 0.2) is 57.9 Å². The van der Waals surface area contributed by atoms with Crippen molar-refractivity contribution in [1.82, 2.24) is 0 Å². The second-order valence-corrected chi connectivity index (χ2v) is 7.57. The molecule has 0 radical (unpaired) electrons. The molecule has 0 bridgehead atoms. The van der Waals surface area contributed by atoms with Crippen LogP contribution in [0.1, 0.15) is 11.6 Å². The van der Waals surface area contributed by atoms with E-state index >= 15 is 0 Å². The average Bonchev–Trinajstić information content (AvgIpc) is 2.47. The molecule has 0 saturated heterocycles. The minimum absolute atomic E-state index is 0.156. The molecule has 1 unspecified atom stereocenters. The molecule has 0 amide bonds. The van der Waals surface area contributed by atoms with Crippen LogP contribution in [0.4, 0.5) is 0 Å². The molecule has 0 saturated carbocycles.